The molecule has 0 atom stereocenters. The lowest BCUT2D eigenvalue weighted by Crippen LogP contribution is -2.31. The van der Waals surface area contributed by atoms with E-state index in [-0.39, 0.29) is 12.2 Å². The summed E-state index contributed by atoms with van der Waals surface area (Å²) in [5.74, 6) is -0.0842. The van der Waals surface area contributed by atoms with E-state index in [2.05, 4.69) is 15.8 Å². The first-order chi connectivity index (χ1) is 13.9. The molecule has 0 bridgehead atoms. The van der Waals surface area contributed by atoms with Crippen molar-refractivity contribution in [3.63, 3.8) is 0 Å². The summed E-state index contributed by atoms with van der Waals surface area (Å²) < 4.78 is 11.5. The van der Waals surface area contributed by atoms with Crippen molar-refractivity contribution in [3.8, 4) is 11.5 Å². The average Bonchev–Trinajstić information content (AvgIpc) is 2.68. The molecular weight excluding hydrogens is 414 g/mol. The molecule has 7 nitrogen and oxygen atoms in total. The Hall–Kier alpha value is -2.84. The summed E-state index contributed by atoms with van der Waals surface area (Å²) in [7, 11) is 0. The van der Waals surface area contributed by atoms with Crippen molar-refractivity contribution in [2.75, 3.05) is 13.2 Å². The number of rotatable bonds is 9. The van der Waals surface area contributed by atoms with Crippen molar-refractivity contribution < 1.29 is 19.4 Å². The van der Waals surface area contributed by atoms with Crippen LogP contribution in [0.15, 0.2) is 41.5 Å². The van der Waals surface area contributed by atoms with E-state index in [1.54, 1.807) is 30.5 Å². The van der Waals surface area contributed by atoms with Crippen LogP contribution < -0.4 is 20.2 Å². The monoisotopic (exact) mass is 435 g/mol. The Morgan fingerprint density at radius 3 is 2.59 bits per heavy atom. The minimum atomic E-state index is -0.975. The van der Waals surface area contributed by atoms with Gasteiger partial charge in [0.15, 0.2) is 16.6 Å². The van der Waals surface area contributed by atoms with Crippen molar-refractivity contribution in [1.82, 2.24) is 10.7 Å². The third kappa shape index (κ3) is 6.92. The predicted molar refractivity (Wildman–Crippen MR) is 117 cm³/mol. The number of hydrogen-bond donors (Lipinski definition) is 3. The number of carbonyl (C=O) groups is 1. The number of ether oxygens (including phenoxy) is 2. The lowest BCUT2D eigenvalue weighted by Gasteiger charge is -2.14. The van der Waals surface area contributed by atoms with Crippen molar-refractivity contribution >= 4 is 41.1 Å². The number of nitrogens with one attached hydrogen (secondary N) is 2. The highest BCUT2D eigenvalue weighted by atomic mass is 35.5. The Morgan fingerprint density at radius 2 is 1.97 bits per heavy atom. The van der Waals surface area contributed by atoms with Crippen molar-refractivity contribution in [3.05, 3.63) is 58.1 Å². The zero-order valence-electron chi connectivity index (χ0n) is 16.1. The minimum Gasteiger partial charge on any atom is -0.490 e. The molecule has 0 saturated heterocycles. The number of benzene rings is 2. The van der Waals surface area contributed by atoms with E-state index in [0.29, 0.717) is 40.3 Å². The van der Waals surface area contributed by atoms with Crippen LogP contribution in [-0.4, -0.2) is 35.6 Å². The molecule has 2 aromatic rings. The van der Waals surface area contributed by atoms with E-state index in [4.69, 9.17) is 38.4 Å². The van der Waals surface area contributed by atoms with Gasteiger partial charge in [0.2, 0.25) is 0 Å². The topological polar surface area (TPSA) is 92.2 Å². The first-order valence-electron chi connectivity index (χ1n) is 8.92. The Bertz CT molecular complexity index is 888. The molecule has 0 fully saturated rings. The summed E-state index contributed by atoms with van der Waals surface area (Å²) in [4.78, 5) is 10.9. The Morgan fingerprint density at radius 1 is 1.24 bits per heavy atom. The van der Waals surface area contributed by atoms with E-state index in [9.17, 15) is 4.79 Å². The molecule has 29 heavy (non-hydrogen) atoms. The molecule has 0 spiro atoms. The molecule has 0 aliphatic rings. The third-order valence-corrected chi connectivity index (χ3v) is 4.15. The standard InChI is InChI=1S/C20H22ClN3O4S/c1-3-22-20(29)24-23-11-14-9-16(21)18(17(10-14)27-4-2)28-12-13-5-7-15(8-6-13)19(25)26/h5-11H,3-4,12H2,1-2H3,(H,25,26)(H2,22,24,29). The largest absolute Gasteiger partial charge is 0.490 e. The number of thiocarbonyl (C=S) groups is 1. The summed E-state index contributed by atoms with van der Waals surface area (Å²) in [6.07, 6.45) is 1.58. The normalized spacial score (nSPS) is 10.6. The predicted octanol–water partition coefficient (Wildman–Crippen LogP) is 3.83. The maximum atomic E-state index is 10.9. The molecule has 0 aliphatic carbocycles. The number of hydrazone groups is 1. The third-order valence-electron chi connectivity index (χ3n) is 3.63. The molecule has 0 saturated carbocycles. The fourth-order valence-corrected chi connectivity index (χ4v) is 2.80. The second kappa shape index (κ2) is 11.2. The summed E-state index contributed by atoms with van der Waals surface area (Å²) in [5.41, 5.74) is 4.44. The lowest BCUT2D eigenvalue weighted by atomic mass is 10.1. The van der Waals surface area contributed by atoms with Crippen molar-refractivity contribution in [2.24, 2.45) is 5.10 Å². The quantitative estimate of drug-likeness (QED) is 0.313. The van der Waals surface area contributed by atoms with Gasteiger partial charge in [0.05, 0.1) is 23.4 Å². The second-order valence-corrected chi connectivity index (χ2v) is 6.60. The molecule has 0 unspecified atom stereocenters. The lowest BCUT2D eigenvalue weighted by molar-refractivity contribution is 0.0697. The van der Waals surface area contributed by atoms with Gasteiger partial charge in [-0.2, -0.15) is 5.10 Å². The van der Waals surface area contributed by atoms with Crippen LogP contribution in [0.5, 0.6) is 11.5 Å². The molecule has 3 N–H and O–H groups in total. The van der Waals surface area contributed by atoms with Crippen LogP contribution in [0, 0.1) is 0 Å². The zero-order valence-corrected chi connectivity index (χ0v) is 17.6. The van der Waals surface area contributed by atoms with Gasteiger partial charge in [0.25, 0.3) is 0 Å². The number of hydrogen-bond acceptors (Lipinski definition) is 5. The van der Waals surface area contributed by atoms with Crippen LogP contribution in [0.25, 0.3) is 0 Å². The number of halogens is 1. The van der Waals surface area contributed by atoms with Crippen LogP contribution in [-0.2, 0) is 6.61 Å². The van der Waals surface area contributed by atoms with Crippen LogP contribution in [0.1, 0.15) is 35.3 Å². The van der Waals surface area contributed by atoms with E-state index in [1.807, 2.05) is 13.8 Å². The fourth-order valence-electron chi connectivity index (χ4n) is 2.33. The average molecular weight is 436 g/mol. The molecule has 0 heterocycles. The van der Waals surface area contributed by atoms with Crippen LogP contribution in [0.4, 0.5) is 0 Å². The van der Waals surface area contributed by atoms with Crippen LogP contribution >= 0.6 is 23.8 Å². The highest BCUT2D eigenvalue weighted by Crippen LogP contribution is 2.37. The minimum absolute atomic E-state index is 0.214. The van der Waals surface area contributed by atoms with Gasteiger partial charge >= 0.3 is 5.97 Å². The SMILES string of the molecule is CCNC(=S)NN=Cc1cc(Cl)c(OCc2ccc(C(=O)O)cc2)c(OCC)c1. The molecular formula is C20H22ClN3O4S. The van der Waals surface area contributed by atoms with Gasteiger partial charge in [-0.05, 0) is 61.5 Å². The highest BCUT2D eigenvalue weighted by Gasteiger charge is 2.13. The van der Waals surface area contributed by atoms with E-state index >= 15 is 0 Å². The Balaban J connectivity index is 2.13. The molecule has 2 aromatic carbocycles. The summed E-state index contributed by atoms with van der Waals surface area (Å²) >= 11 is 11.4. The van der Waals surface area contributed by atoms with Crippen molar-refractivity contribution in [1.29, 1.82) is 0 Å². The van der Waals surface area contributed by atoms with Crippen LogP contribution in [0.3, 0.4) is 0 Å². The number of carboxylic acid groups (broad SMARTS) is 1. The molecule has 9 heteroatoms. The molecule has 0 aromatic heterocycles. The van der Waals surface area contributed by atoms with Gasteiger partial charge in [0, 0.05) is 6.54 Å². The molecule has 0 amide bonds. The summed E-state index contributed by atoms with van der Waals surface area (Å²) in [6, 6.07) is 9.90. The van der Waals surface area contributed by atoms with Crippen molar-refractivity contribution in [2.45, 2.75) is 20.5 Å². The highest BCUT2D eigenvalue weighted by molar-refractivity contribution is 7.80. The van der Waals surface area contributed by atoms with Gasteiger partial charge in [0.1, 0.15) is 6.61 Å². The summed E-state index contributed by atoms with van der Waals surface area (Å²) in [5, 5.41) is 16.8. The maximum Gasteiger partial charge on any atom is 0.335 e. The Kier molecular flexibility index (Phi) is 8.69. The first-order valence-corrected chi connectivity index (χ1v) is 9.71. The number of carboxylic acids is 1. The molecule has 0 aliphatic heterocycles. The summed E-state index contributed by atoms with van der Waals surface area (Å²) in [6.45, 7) is 5.15. The fraction of sp³-hybridized carbons (Fsp3) is 0.250. The van der Waals surface area contributed by atoms with Gasteiger partial charge in [-0.1, -0.05) is 23.7 Å². The first kappa shape index (κ1) is 22.4. The van der Waals surface area contributed by atoms with Crippen LogP contribution in [0.2, 0.25) is 5.02 Å². The van der Waals surface area contributed by atoms with Gasteiger partial charge in [-0.15, -0.1) is 0 Å². The van der Waals surface area contributed by atoms with E-state index in [0.717, 1.165) is 5.56 Å². The van der Waals surface area contributed by atoms with Gasteiger partial charge in [-0.3, -0.25) is 5.43 Å². The van der Waals surface area contributed by atoms with E-state index < -0.39 is 5.97 Å². The molecule has 2 rings (SSSR count). The maximum absolute atomic E-state index is 10.9. The smallest absolute Gasteiger partial charge is 0.335 e. The molecule has 0 radical (unpaired) electrons. The second-order valence-electron chi connectivity index (χ2n) is 5.78. The number of aromatic carboxylic acids is 1. The van der Waals surface area contributed by atoms with Gasteiger partial charge < -0.3 is 19.9 Å². The van der Waals surface area contributed by atoms with E-state index in [1.165, 1.54) is 12.1 Å². The number of nitrogens with zero attached hydrogens (tertiary/aromatic N) is 1. The van der Waals surface area contributed by atoms with Gasteiger partial charge in [-0.25, -0.2) is 4.79 Å². The zero-order chi connectivity index (χ0) is 21.2. The Labute approximate surface area is 179 Å². The molecule has 154 valence electrons.